The highest BCUT2D eigenvalue weighted by Gasteiger charge is 2.29. The molecule has 2 atom stereocenters. The van der Waals surface area contributed by atoms with Gasteiger partial charge in [0.15, 0.2) is 0 Å². The molecule has 0 radical (unpaired) electrons. The lowest BCUT2D eigenvalue weighted by Crippen LogP contribution is -2.40. The van der Waals surface area contributed by atoms with Crippen molar-refractivity contribution in [3.05, 3.63) is 29.8 Å². The number of hydrogen-bond donors (Lipinski definition) is 1. The van der Waals surface area contributed by atoms with Crippen molar-refractivity contribution in [2.24, 2.45) is 11.3 Å². The highest BCUT2D eigenvalue weighted by molar-refractivity contribution is 5.96. The molecule has 2 unspecified atom stereocenters. The van der Waals surface area contributed by atoms with Gasteiger partial charge in [-0.1, -0.05) is 45.9 Å². The third-order valence-corrected chi connectivity index (χ3v) is 4.58. The van der Waals surface area contributed by atoms with E-state index in [1.807, 2.05) is 25.2 Å². The highest BCUT2D eigenvalue weighted by Crippen LogP contribution is 2.34. The molecule has 1 heterocycles. The maximum Gasteiger partial charge on any atom is 0.228 e. The third-order valence-electron chi connectivity index (χ3n) is 4.58. The van der Waals surface area contributed by atoms with Crippen molar-refractivity contribution in [1.29, 1.82) is 0 Å². The zero-order valence-electron chi connectivity index (χ0n) is 13.2. The summed E-state index contributed by atoms with van der Waals surface area (Å²) in [7, 11) is 1.86. The van der Waals surface area contributed by atoms with Crippen LogP contribution in [-0.4, -0.2) is 19.5 Å². The first-order valence-corrected chi connectivity index (χ1v) is 7.39. The first kappa shape index (κ1) is 15.0. The van der Waals surface area contributed by atoms with Gasteiger partial charge in [-0.15, -0.1) is 0 Å². The molecule has 1 aromatic rings. The first-order chi connectivity index (χ1) is 9.30. The molecule has 20 heavy (non-hydrogen) atoms. The molecule has 0 aliphatic carbocycles. The minimum absolute atomic E-state index is 0.139. The summed E-state index contributed by atoms with van der Waals surface area (Å²) in [5, 5.41) is 3.59. The molecule has 0 bridgehead atoms. The second kappa shape index (κ2) is 5.57. The van der Waals surface area contributed by atoms with Gasteiger partial charge in [-0.3, -0.25) is 4.79 Å². The van der Waals surface area contributed by atoms with Crippen LogP contribution in [0.5, 0.6) is 0 Å². The van der Waals surface area contributed by atoms with Crippen LogP contribution in [0.4, 0.5) is 5.69 Å². The fraction of sp³-hybridized carbons (Fsp3) is 0.588. The lowest BCUT2D eigenvalue weighted by molar-refractivity contribution is -0.119. The van der Waals surface area contributed by atoms with E-state index < -0.39 is 0 Å². The lowest BCUT2D eigenvalue weighted by atomic mass is 9.82. The SMILES string of the molecule is CC(CNC1CC(=O)N(C)c2ccccc21)C(C)(C)C. The van der Waals surface area contributed by atoms with Gasteiger partial charge < -0.3 is 10.2 Å². The van der Waals surface area contributed by atoms with Crippen LogP contribution in [0.1, 0.15) is 45.7 Å². The van der Waals surface area contributed by atoms with Gasteiger partial charge in [0.2, 0.25) is 5.91 Å². The van der Waals surface area contributed by atoms with Crippen LogP contribution >= 0.6 is 0 Å². The summed E-state index contributed by atoms with van der Waals surface area (Å²) in [5.74, 6) is 0.744. The summed E-state index contributed by atoms with van der Waals surface area (Å²) in [6.45, 7) is 9.96. The fourth-order valence-electron chi connectivity index (χ4n) is 2.45. The number of carbonyl (C=O) groups is 1. The van der Waals surface area contributed by atoms with Gasteiger partial charge in [-0.25, -0.2) is 0 Å². The van der Waals surface area contributed by atoms with Crippen molar-refractivity contribution in [1.82, 2.24) is 5.32 Å². The summed E-state index contributed by atoms with van der Waals surface area (Å²) < 4.78 is 0. The topological polar surface area (TPSA) is 32.3 Å². The van der Waals surface area contributed by atoms with Gasteiger partial charge in [0.25, 0.3) is 0 Å². The van der Waals surface area contributed by atoms with E-state index in [0.29, 0.717) is 12.3 Å². The van der Waals surface area contributed by atoms with Gasteiger partial charge in [0.05, 0.1) is 0 Å². The number of benzene rings is 1. The van der Waals surface area contributed by atoms with E-state index in [2.05, 4.69) is 39.1 Å². The lowest BCUT2D eigenvalue weighted by Gasteiger charge is -2.34. The number of amides is 1. The molecule has 1 aromatic carbocycles. The van der Waals surface area contributed by atoms with Crippen molar-refractivity contribution in [2.45, 2.75) is 40.2 Å². The van der Waals surface area contributed by atoms with Crippen LogP contribution in [0.3, 0.4) is 0 Å². The predicted molar refractivity (Wildman–Crippen MR) is 83.8 cm³/mol. The summed E-state index contributed by atoms with van der Waals surface area (Å²) in [5.41, 5.74) is 2.54. The largest absolute Gasteiger partial charge is 0.315 e. The minimum atomic E-state index is 0.139. The van der Waals surface area contributed by atoms with Crippen LogP contribution in [0.25, 0.3) is 0 Å². The summed E-state index contributed by atoms with van der Waals surface area (Å²) in [6.07, 6.45) is 0.546. The molecular weight excluding hydrogens is 248 g/mol. The molecule has 1 N–H and O–H groups in total. The predicted octanol–water partition coefficient (Wildman–Crippen LogP) is 3.37. The minimum Gasteiger partial charge on any atom is -0.315 e. The zero-order valence-corrected chi connectivity index (χ0v) is 13.2. The van der Waals surface area contributed by atoms with Crippen molar-refractivity contribution in [3.8, 4) is 0 Å². The van der Waals surface area contributed by atoms with Gasteiger partial charge in [0.1, 0.15) is 0 Å². The molecule has 1 amide bonds. The van der Waals surface area contributed by atoms with E-state index in [1.54, 1.807) is 4.90 Å². The van der Waals surface area contributed by atoms with Crippen LogP contribution in [-0.2, 0) is 4.79 Å². The Morgan fingerprint density at radius 2 is 2.00 bits per heavy atom. The Labute approximate surface area is 122 Å². The average molecular weight is 274 g/mol. The number of fused-ring (bicyclic) bond motifs is 1. The zero-order chi connectivity index (χ0) is 14.9. The fourth-order valence-corrected chi connectivity index (χ4v) is 2.45. The van der Waals surface area contributed by atoms with Crippen LogP contribution in [0, 0.1) is 11.3 Å². The van der Waals surface area contributed by atoms with Crippen molar-refractivity contribution in [3.63, 3.8) is 0 Å². The number of para-hydroxylation sites is 1. The number of anilines is 1. The molecular formula is C17H26N2O. The number of nitrogens with zero attached hydrogens (tertiary/aromatic N) is 1. The summed E-state index contributed by atoms with van der Waals surface area (Å²) in [4.78, 5) is 13.9. The van der Waals surface area contributed by atoms with Gasteiger partial charge in [-0.2, -0.15) is 0 Å². The summed E-state index contributed by atoms with van der Waals surface area (Å²) >= 11 is 0. The normalized spacial score (nSPS) is 20.8. The van der Waals surface area contributed by atoms with Crippen LogP contribution in [0.2, 0.25) is 0 Å². The second-order valence-corrected chi connectivity index (χ2v) is 6.94. The molecule has 0 saturated heterocycles. The van der Waals surface area contributed by atoms with E-state index in [-0.39, 0.29) is 17.4 Å². The maximum absolute atomic E-state index is 12.1. The maximum atomic E-state index is 12.1. The smallest absolute Gasteiger partial charge is 0.228 e. The van der Waals surface area contributed by atoms with E-state index in [1.165, 1.54) is 5.56 Å². The molecule has 3 nitrogen and oxygen atoms in total. The van der Waals surface area contributed by atoms with E-state index in [4.69, 9.17) is 0 Å². The van der Waals surface area contributed by atoms with E-state index >= 15 is 0 Å². The van der Waals surface area contributed by atoms with Crippen molar-refractivity contribution < 1.29 is 4.79 Å². The first-order valence-electron chi connectivity index (χ1n) is 7.39. The molecule has 3 heteroatoms. The highest BCUT2D eigenvalue weighted by atomic mass is 16.2. The van der Waals surface area contributed by atoms with Crippen LogP contribution < -0.4 is 10.2 Å². The molecule has 1 aliphatic rings. The Hall–Kier alpha value is -1.35. The third kappa shape index (κ3) is 3.04. The Morgan fingerprint density at radius 3 is 2.65 bits per heavy atom. The molecule has 2 rings (SSSR count). The van der Waals surface area contributed by atoms with E-state index in [9.17, 15) is 4.79 Å². The Kier molecular flexibility index (Phi) is 4.19. The van der Waals surface area contributed by atoms with Gasteiger partial charge >= 0.3 is 0 Å². The van der Waals surface area contributed by atoms with Crippen molar-refractivity contribution >= 4 is 11.6 Å². The molecule has 0 fully saturated rings. The number of carbonyl (C=O) groups excluding carboxylic acids is 1. The number of nitrogens with one attached hydrogen (secondary N) is 1. The number of rotatable bonds is 3. The Bertz CT molecular complexity index is 490. The molecule has 0 saturated carbocycles. The molecule has 0 spiro atoms. The summed E-state index contributed by atoms with van der Waals surface area (Å²) in [6, 6.07) is 8.32. The van der Waals surface area contributed by atoms with Gasteiger partial charge in [0, 0.05) is 25.2 Å². The molecule has 110 valence electrons. The van der Waals surface area contributed by atoms with Crippen molar-refractivity contribution in [2.75, 3.05) is 18.5 Å². The van der Waals surface area contributed by atoms with Gasteiger partial charge in [-0.05, 0) is 29.5 Å². The average Bonchev–Trinajstić information content (AvgIpc) is 2.40. The van der Waals surface area contributed by atoms with Crippen LogP contribution in [0.15, 0.2) is 24.3 Å². The number of hydrogen-bond acceptors (Lipinski definition) is 2. The second-order valence-electron chi connectivity index (χ2n) is 6.94. The quantitative estimate of drug-likeness (QED) is 0.916. The Balaban J connectivity index is 2.13. The Morgan fingerprint density at radius 1 is 1.35 bits per heavy atom. The molecule has 0 aromatic heterocycles. The standard InChI is InChI=1S/C17H26N2O/c1-12(17(2,3)4)11-18-14-10-16(20)19(5)15-9-7-6-8-13(14)15/h6-9,12,14,18H,10-11H2,1-5H3. The van der Waals surface area contributed by atoms with E-state index in [0.717, 1.165) is 12.2 Å². The monoisotopic (exact) mass is 274 g/mol. The molecule has 1 aliphatic heterocycles.